The van der Waals surface area contributed by atoms with Crippen LogP contribution in [0.3, 0.4) is 0 Å². The topological polar surface area (TPSA) is 48.8 Å². The standard InChI is InChI=1S/C50H30N4O/c1-3-15-31(16-4-1)46-35-19-7-11-23-39(35)51-50(52-46)32-27-29-34(30-28-32)53-40-24-12-8-20-36(40)43-44-38-22-10-14-26-42(38)55-49(44)48-45(47(43)53)37-21-9-13-25-41(37)54(48)33-17-5-2-6-18-33/h1-30H. The Kier molecular flexibility index (Phi) is 6.27. The lowest BCUT2D eigenvalue weighted by atomic mass is 10.0. The number of fused-ring (bicyclic) bond motifs is 13. The van der Waals surface area contributed by atoms with E-state index in [9.17, 15) is 0 Å². The maximum absolute atomic E-state index is 6.92. The summed E-state index contributed by atoms with van der Waals surface area (Å²) in [6.45, 7) is 0. The van der Waals surface area contributed by atoms with Crippen LogP contribution in [0.4, 0.5) is 0 Å². The van der Waals surface area contributed by atoms with E-state index in [2.05, 4.69) is 173 Å². The van der Waals surface area contributed by atoms with Crippen molar-refractivity contribution in [3.63, 3.8) is 0 Å². The molecule has 0 saturated carbocycles. The molecule has 5 nitrogen and oxygen atoms in total. The van der Waals surface area contributed by atoms with Gasteiger partial charge in [-0.25, -0.2) is 9.97 Å². The minimum Gasteiger partial charge on any atom is -0.454 e. The summed E-state index contributed by atoms with van der Waals surface area (Å²) in [6, 6.07) is 63.9. The van der Waals surface area contributed by atoms with E-state index >= 15 is 0 Å². The molecule has 0 aliphatic carbocycles. The minimum atomic E-state index is 0.700. The fourth-order valence-corrected chi connectivity index (χ4v) is 8.78. The number of benzene rings is 8. The van der Waals surface area contributed by atoms with Gasteiger partial charge in [-0.2, -0.15) is 0 Å². The number of hydrogen-bond acceptors (Lipinski definition) is 3. The third-order valence-corrected chi connectivity index (χ3v) is 11.1. The molecule has 5 heteroatoms. The molecule has 0 bridgehead atoms. The molecular weight excluding hydrogens is 673 g/mol. The van der Waals surface area contributed by atoms with Crippen LogP contribution >= 0.6 is 0 Å². The van der Waals surface area contributed by atoms with Crippen molar-refractivity contribution in [2.75, 3.05) is 0 Å². The third-order valence-electron chi connectivity index (χ3n) is 11.1. The number of aromatic nitrogens is 4. The van der Waals surface area contributed by atoms with E-state index in [0.29, 0.717) is 5.82 Å². The number of furan rings is 1. The van der Waals surface area contributed by atoms with Crippen LogP contribution in [0.1, 0.15) is 0 Å². The Morgan fingerprint density at radius 2 is 0.945 bits per heavy atom. The predicted octanol–water partition coefficient (Wildman–Crippen LogP) is 13.1. The number of hydrogen-bond donors (Lipinski definition) is 0. The summed E-state index contributed by atoms with van der Waals surface area (Å²) >= 11 is 0. The van der Waals surface area contributed by atoms with Gasteiger partial charge in [0.2, 0.25) is 0 Å². The highest BCUT2D eigenvalue weighted by atomic mass is 16.3. The van der Waals surface area contributed by atoms with Crippen LogP contribution in [0.5, 0.6) is 0 Å². The molecule has 55 heavy (non-hydrogen) atoms. The quantitative estimate of drug-likeness (QED) is 0.183. The normalized spacial score (nSPS) is 12.0. The number of rotatable bonds is 4. The molecule has 0 radical (unpaired) electrons. The minimum absolute atomic E-state index is 0.700. The number of nitrogens with zero attached hydrogens (tertiary/aromatic N) is 4. The average molecular weight is 703 g/mol. The van der Waals surface area contributed by atoms with Crippen LogP contribution in [-0.4, -0.2) is 19.1 Å². The molecular formula is C50H30N4O. The molecule has 0 unspecified atom stereocenters. The van der Waals surface area contributed by atoms with Gasteiger partial charge in [0.25, 0.3) is 0 Å². The summed E-state index contributed by atoms with van der Waals surface area (Å²) in [5, 5.41) is 7.98. The molecule has 4 heterocycles. The zero-order valence-electron chi connectivity index (χ0n) is 29.5. The Morgan fingerprint density at radius 3 is 1.69 bits per heavy atom. The highest BCUT2D eigenvalue weighted by Gasteiger charge is 2.27. The average Bonchev–Trinajstić information content (AvgIpc) is 3.92. The Bertz CT molecular complexity index is 3470. The van der Waals surface area contributed by atoms with E-state index in [1.165, 1.54) is 16.2 Å². The molecule has 0 aliphatic rings. The van der Waals surface area contributed by atoms with E-state index in [0.717, 1.165) is 88.5 Å². The first-order valence-electron chi connectivity index (χ1n) is 18.6. The summed E-state index contributed by atoms with van der Waals surface area (Å²) in [5.74, 6) is 0.700. The van der Waals surface area contributed by atoms with Crippen molar-refractivity contribution in [3.05, 3.63) is 182 Å². The van der Waals surface area contributed by atoms with Crippen molar-refractivity contribution in [2.45, 2.75) is 0 Å². The molecule has 0 aliphatic heterocycles. The van der Waals surface area contributed by atoms with Crippen molar-refractivity contribution in [1.29, 1.82) is 0 Å². The SMILES string of the molecule is c1ccc(-c2nc(-c3ccc(-n4c5ccccc5c5c6c7ccccc7oc6c6c(c7ccccc7n6-c6ccccc6)c54)cc3)nc3ccccc23)cc1. The molecule has 12 rings (SSSR count). The van der Waals surface area contributed by atoms with Crippen LogP contribution in [-0.2, 0) is 0 Å². The molecule has 0 amide bonds. The van der Waals surface area contributed by atoms with Gasteiger partial charge in [-0.3, -0.25) is 0 Å². The Morgan fingerprint density at radius 1 is 0.382 bits per heavy atom. The van der Waals surface area contributed by atoms with Crippen LogP contribution in [0.2, 0.25) is 0 Å². The molecule has 8 aromatic carbocycles. The van der Waals surface area contributed by atoms with Crippen molar-refractivity contribution in [2.24, 2.45) is 0 Å². The van der Waals surface area contributed by atoms with E-state index in [4.69, 9.17) is 14.4 Å². The van der Waals surface area contributed by atoms with Crippen molar-refractivity contribution in [3.8, 4) is 34.0 Å². The molecule has 12 aromatic rings. The smallest absolute Gasteiger partial charge is 0.160 e. The van der Waals surface area contributed by atoms with Gasteiger partial charge in [0.1, 0.15) is 5.58 Å². The summed E-state index contributed by atoms with van der Waals surface area (Å²) in [7, 11) is 0. The van der Waals surface area contributed by atoms with Gasteiger partial charge in [-0.05, 0) is 60.7 Å². The molecule has 0 N–H and O–H groups in total. The van der Waals surface area contributed by atoms with E-state index in [-0.39, 0.29) is 0 Å². The summed E-state index contributed by atoms with van der Waals surface area (Å²) < 4.78 is 11.7. The molecule has 0 fully saturated rings. The predicted molar refractivity (Wildman–Crippen MR) is 226 cm³/mol. The van der Waals surface area contributed by atoms with Gasteiger partial charge in [-0.15, -0.1) is 0 Å². The molecule has 0 saturated heterocycles. The van der Waals surface area contributed by atoms with Gasteiger partial charge in [0.15, 0.2) is 11.4 Å². The largest absolute Gasteiger partial charge is 0.454 e. The Hall–Kier alpha value is -7.50. The molecule has 0 atom stereocenters. The number of para-hydroxylation sites is 5. The Balaban J connectivity index is 1.19. The zero-order valence-corrected chi connectivity index (χ0v) is 29.5. The van der Waals surface area contributed by atoms with Gasteiger partial charge >= 0.3 is 0 Å². The van der Waals surface area contributed by atoms with Crippen LogP contribution in [0.25, 0.3) is 110 Å². The van der Waals surface area contributed by atoms with Crippen LogP contribution in [0, 0.1) is 0 Å². The highest BCUT2D eigenvalue weighted by Crippen LogP contribution is 2.49. The van der Waals surface area contributed by atoms with Gasteiger partial charge in [-0.1, -0.05) is 121 Å². The fourth-order valence-electron chi connectivity index (χ4n) is 8.78. The van der Waals surface area contributed by atoms with Crippen molar-refractivity contribution < 1.29 is 4.42 Å². The summed E-state index contributed by atoms with van der Waals surface area (Å²) in [5.41, 5.74) is 12.3. The summed E-state index contributed by atoms with van der Waals surface area (Å²) in [4.78, 5) is 10.2. The summed E-state index contributed by atoms with van der Waals surface area (Å²) in [6.07, 6.45) is 0. The van der Waals surface area contributed by atoms with Gasteiger partial charge in [0.05, 0.1) is 33.3 Å². The van der Waals surface area contributed by atoms with E-state index < -0.39 is 0 Å². The second-order valence-corrected chi connectivity index (χ2v) is 14.1. The van der Waals surface area contributed by atoms with E-state index in [1.807, 2.05) is 18.2 Å². The first kappa shape index (κ1) is 30.0. The lowest BCUT2D eigenvalue weighted by Gasteiger charge is -2.12. The van der Waals surface area contributed by atoms with Crippen molar-refractivity contribution >= 4 is 76.5 Å². The van der Waals surface area contributed by atoms with Crippen LogP contribution in [0.15, 0.2) is 186 Å². The second-order valence-electron chi connectivity index (χ2n) is 14.1. The maximum atomic E-state index is 6.92. The Labute approximate surface area is 315 Å². The first-order chi connectivity index (χ1) is 27.3. The molecule has 0 spiro atoms. The van der Waals surface area contributed by atoms with E-state index in [1.54, 1.807) is 0 Å². The lowest BCUT2D eigenvalue weighted by Crippen LogP contribution is -1.97. The van der Waals surface area contributed by atoms with Gasteiger partial charge < -0.3 is 13.6 Å². The first-order valence-corrected chi connectivity index (χ1v) is 18.6. The lowest BCUT2D eigenvalue weighted by molar-refractivity contribution is 0.671. The second kappa shape index (κ2) is 11.5. The fraction of sp³-hybridized carbons (Fsp3) is 0. The third kappa shape index (κ3) is 4.29. The van der Waals surface area contributed by atoms with Gasteiger partial charge in [0, 0.05) is 60.2 Å². The highest BCUT2D eigenvalue weighted by molar-refractivity contribution is 6.39. The van der Waals surface area contributed by atoms with Crippen LogP contribution < -0.4 is 0 Å². The molecule has 4 aromatic heterocycles. The monoisotopic (exact) mass is 702 g/mol. The maximum Gasteiger partial charge on any atom is 0.160 e. The zero-order chi connectivity index (χ0) is 36.0. The molecule has 256 valence electrons. The van der Waals surface area contributed by atoms with Crippen molar-refractivity contribution in [1.82, 2.24) is 19.1 Å².